The number of para-hydroxylation sites is 2. The highest BCUT2D eigenvalue weighted by molar-refractivity contribution is 5.96. The summed E-state index contributed by atoms with van der Waals surface area (Å²) in [5.41, 5.74) is -1.05. The van der Waals surface area contributed by atoms with Crippen LogP contribution in [0.4, 0.5) is 4.79 Å². The monoisotopic (exact) mass is 582 g/mol. The van der Waals surface area contributed by atoms with Crippen LogP contribution >= 0.6 is 0 Å². The van der Waals surface area contributed by atoms with Gasteiger partial charge in [0.2, 0.25) is 11.8 Å². The molecule has 2 aliphatic heterocycles. The molecule has 0 radical (unpaired) electrons. The Morgan fingerprint density at radius 1 is 1.19 bits per heavy atom. The SMILES string of the molecule is CC(C)(C)OC(=O)N[C@H]1CCCCC/C=C\[C@@H]2C[C@@]2(C(=O)O)NC(=O)[C@@H]2C[C@@H](Oc3nc4ccccc4o3)CN2C1=O. The predicted molar refractivity (Wildman–Crippen MR) is 151 cm³/mol. The lowest BCUT2D eigenvalue weighted by Crippen LogP contribution is -2.56. The van der Waals surface area contributed by atoms with Crippen LogP contribution in [0.3, 0.4) is 0 Å². The van der Waals surface area contributed by atoms with Crippen LogP contribution in [0, 0.1) is 5.92 Å². The molecule has 1 saturated heterocycles. The van der Waals surface area contributed by atoms with E-state index in [4.69, 9.17) is 13.9 Å². The van der Waals surface area contributed by atoms with Gasteiger partial charge in [0.25, 0.3) is 0 Å². The highest BCUT2D eigenvalue weighted by atomic mass is 16.6. The number of carbonyl (C=O) groups excluding carboxylic acids is 3. The minimum Gasteiger partial charge on any atom is -0.479 e. The number of ether oxygens (including phenoxy) is 2. The molecule has 3 N–H and O–H groups in total. The molecule has 226 valence electrons. The molecule has 3 amide bonds. The topological polar surface area (TPSA) is 160 Å². The quantitative estimate of drug-likeness (QED) is 0.458. The fourth-order valence-corrected chi connectivity index (χ4v) is 5.64. The van der Waals surface area contributed by atoms with Crippen LogP contribution in [0.5, 0.6) is 6.08 Å². The van der Waals surface area contributed by atoms with Crippen molar-refractivity contribution in [3.63, 3.8) is 0 Å². The lowest BCUT2D eigenvalue weighted by atomic mass is 10.0. The zero-order valence-corrected chi connectivity index (χ0v) is 24.1. The average molecular weight is 583 g/mol. The van der Waals surface area contributed by atoms with E-state index in [9.17, 15) is 24.3 Å². The first-order valence-electron chi connectivity index (χ1n) is 14.5. The number of nitrogens with one attached hydrogen (secondary N) is 2. The summed E-state index contributed by atoms with van der Waals surface area (Å²) >= 11 is 0. The van der Waals surface area contributed by atoms with E-state index >= 15 is 0 Å². The summed E-state index contributed by atoms with van der Waals surface area (Å²) in [7, 11) is 0. The Kier molecular flexibility index (Phi) is 8.16. The number of aromatic nitrogens is 1. The molecule has 0 bridgehead atoms. The van der Waals surface area contributed by atoms with Crippen LogP contribution in [-0.2, 0) is 19.1 Å². The molecule has 1 aliphatic carbocycles. The molecule has 2 aromatic rings. The summed E-state index contributed by atoms with van der Waals surface area (Å²) in [4.78, 5) is 58.4. The number of rotatable bonds is 4. The number of nitrogens with zero attached hydrogens (tertiary/aromatic N) is 2. The van der Waals surface area contributed by atoms with Gasteiger partial charge in [-0.1, -0.05) is 37.1 Å². The number of amides is 3. The Labute approximate surface area is 243 Å². The van der Waals surface area contributed by atoms with E-state index in [-0.39, 0.29) is 31.4 Å². The Bertz CT molecular complexity index is 1350. The first-order valence-corrected chi connectivity index (χ1v) is 14.5. The second kappa shape index (κ2) is 11.7. The van der Waals surface area contributed by atoms with Gasteiger partial charge < -0.3 is 34.5 Å². The number of hydrogen-bond acceptors (Lipinski definition) is 8. The number of allylic oxidation sites excluding steroid dienone is 1. The zero-order valence-electron chi connectivity index (χ0n) is 24.1. The van der Waals surface area contributed by atoms with E-state index in [1.165, 1.54) is 4.90 Å². The van der Waals surface area contributed by atoms with E-state index in [2.05, 4.69) is 15.6 Å². The molecule has 12 heteroatoms. The van der Waals surface area contributed by atoms with E-state index in [0.717, 1.165) is 19.3 Å². The molecule has 1 aromatic carbocycles. The van der Waals surface area contributed by atoms with Crippen molar-refractivity contribution in [1.29, 1.82) is 0 Å². The minimum absolute atomic E-state index is 0.00892. The largest absolute Gasteiger partial charge is 0.479 e. The van der Waals surface area contributed by atoms with Crippen molar-refractivity contribution in [2.45, 2.75) is 95.0 Å². The van der Waals surface area contributed by atoms with Gasteiger partial charge in [0.1, 0.15) is 34.8 Å². The molecule has 0 spiro atoms. The van der Waals surface area contributed by atoms with Gasteiger partial charge in [-0.15, -0.1) is 0 Å². The smallest absolute Gasteiger partial charge is 0.408 e. The maximum Gasteiger partial charge on any atom is 0.408 e. The van der Waals surface area contributed by atoms with Gasteiger partial charge in [-0.3, -0.25) is 9.59 Å². The minimum atomic E-state index is -1.42. The second-order valence-corrected chi connectivity index (χ2v) is 12.3. The number of fused-ring (bicyclic) bond motifs is 3. The summed E-state index contributed by atoms with van der Waals surface area (Å²) in [6.07, 6.45) is 6.22. The lowest BCUT2D eigenvalue weighted by molar-refractivity contribution is -0.145. The third-order valence-electron chi connectivity index (χ3n) is 7.85. The molecule has 3 heterocycles. The molecule has 1 aromatic heterocycles. The van der Waals surface area contributed by atoms with Crippen molar-refractivity contribution in [2.75, 3.05) is 6.54 Å². The van der Waals surface area contributed by atoms with Crippen molar-refractivity contribution < 1.29 is 38.2 Å². The highest BCUT2D eigenvalue weighted by Crippen LogP contribution is 2.45. The Morgan fingerprint density at radius 3 is 2.71 bits per heavy atom. The molecule has 1 saturated carbocycles. The van der Waals surface area contributed by atoms with Gasteiger partial charge in [-0.2, -0.15) is 4.98 Å². The summed E-state index contributed by atoms with van der Waals surface area (Å²) in [5.74, 6) is -2.50. The van der Waals surface area contributed by atoms with Crippen LogP contribution in [-0.4, -0.2) is 74.7 Å². The number of carbonyl (C=O) groups is 4. The third kappa shape index (κ3) is 6.52. The van der Waals surface area contributed by atoms with Gasteiger partial charge in [0.05, 0.1) is 6.54 Å². The normalized spacial score (nSPS) is 29.4. The van der Waals surface area contributed by atoms with Crippen molar-refractivity contribution in [3.8, 4) is 6.08 Å². The number of alkyl carbamates (subject to hydrolysis) is 1. The molecule has 2 fully saturated rings. The van der Waals surface area contributed by atoms with Crippen LogP contribution in [0.1, 0.15) is 65.7 Å². The third-order valence-corrected chi connectivity index (χ3v) is 7.85. The van der Waals surface area contributed by atoms with Gasteiger partial charge >= 0.3 is 18.1 Å². The molecule has 3 aliphatic rings. The Hall–Kier alpha value is -4.09. The Morgan fingerprint density at radius 2 is 1.98 bits per heavy atom. The number of carboxylic acids is 1. The fourth-order valence-electron chi connectivity index (χ4n) is 5.64. The first-order chi connectivity index (χ1) is 19.9. The molecular formula is C30H38N4O8. The molecule has 5 rings (SSSR count). The van der Waals surface area contributed by atoms with Gasteiger partial charge in [0.15, 0.2) is 5.58 Å². The zero-order chi connectivity index (χ0) is 30.1. The molecule has 12 nitrogen and oxygen atoms in total. The van der Waals surface area contributed by atoms with Crippen LogP contribution in [0.25, 0.3) is 11.1 Å². The van der Waals surface area contributed by atoms with E-state index in [1.54, 1.807) is 32.9 Å². The summed E-state index contributed by atoms with van der Waals surface area (Å²) in [5, 5.41) is 15.5. The van der Waals surface area contributed by atoms with Gasteiger partial charge in [-0.05, 0) is 58.6 Å². The maximum atomic E-state index is 14.0. The van der Waals surface area contributed by atoms with Crippen LogP contribution in [0.15, 0.2) is 40.8 Å². The molecule has 42 heavy (non-hydrogen) atoms. The highest BCUT2D eigenvalue weighted by Gasteiger charge is 2.61. The summed E-state index contributed by atoms with van der Waals surface area (Å²) in [6, 6.07) is 5.19. The molecule has 5 atom stereocenters. The number of carboxylic acid groups (broad SMARTS) is 1. The van der Waals surface area contributed by atoms with Crippen LogP contribution in [0.2, 0.25) is 0 Å². The van der Waals surface area contributed by atoms with E-state index < -0.39 is 53.2 Å². The fraction of sp³-hybridized carbons (Fsp3) is 0.567. The first kappa shape index (κ1) is 29.4. The lowest BCUT2D eigenvalue weighted by Gasteiger charge is -2.30. The van der Waals surface area contributed by atoms with Crippen molar-refractivity contribution in [1.82, 2.24) is 20.5 Å². The van der Waals surface area contributed by atoms with Crippen LogP contribution < -0.4 is 15.4 Å². The number of oxazole rings is 1. The summed E-state index contributed by atoms with van der Waals surface area (Å²) < 4.78 is 17.1. The molecule has 0 unspecified atom stereocenters. The van der Waals surface area contributed by atoms with Gasteiger partial charge in [0, 0.05) is 12.3 Å². The predicted octanol–water partition coefficient (Wildman–Crippen LogP) is 3.55. The number of aliphatic carboxylic acids is 1. The van der Waals surface area contributed by atoms with Crippen molar-refractivity contribution in [2.24, 2.45) is 5.92 Å². The Balaban J connectivity index is 1.41. The summed E-state index contributed by atoms with van der Waals surface area (Å²) in [6.45, 7) is 5.22. The second-order valence-electron chi connectivity index (χ2n) is 12.3. The average Bonchev–Trinajstić information content (AvgIpc) is 3.24. The molecular weight excluding hydrogens is 544 g/mol. The van der Waals surface area contributed by atoms with Crippen molar-refractivity contribution in [3.05, 3.63) is 36.4 Å². The van der Waals surface area contributed by atoms with Gasteiger partial charge in [-0.25, -0.2) is 9.59 Å². The maximum absolute atomic E-state index is 14.0. The number of benzene rings is 1. The van der Waals surface area contributed by atoms with E-state index in [1.807, 2.05) is 24.3 Å². The van der Waals surface area contributed by atoms with E-state index in [0.29, 0.717) is 23.9 Å². The van der Waals surface area contributed by atoms with Crippen molar-refractivity contribution >= 4 is 35.0 Å². The standard InChI is InChI=1S/C30H38N4O8/c1-29(2,3)42-27(39)31-21-13-8-6-4-5-7-11-18-16-30(18,26(37)38)33-24(35)22-15-19(17-34(22)25(21)36)40-28-32-20-12-9-10-14-23(20)41-28/h7,9-12,14,18-19,21-22H,4-6,8,13,15-17H2,1-3H3,(H,31,39)(H,33,35)(H,37,38)/b11-7-/t18-,19-,21+,22+,30-/m1/s1. The number of hydrogen-bond donors (Lipinski definition) is 3.